The zero-order valence-electron chi connectivity index (χ0n) is 11.4. The van der Waals surface area contributed by atoms with E-state index >= 15 is 0 Å². The molecule has 0 bridgehead atoms. The minimum Gasteiger partial charge on any atom is -0.497 e. The Labute approximate surface area is 122 Å². The van der Waals surface area contributed by atoms with Crippen molar-refractivity contribution in [1.82, 2.24) is 0 Å². The Kier molecular flexibility index (Phi) is 4.20. The zero-order chi connectivity index (χ0) is 14.8. The van der Waals surface area contributed by atoms with Crippen molar-refractivity contribution < 1.29 is 17.9 Å². The normalized spacial score (nSPS) is 11.2. The fourth-order valence-electron chi connectivity index (χ4n) is 1.72. The molecule has 0 amide bonds. The predicted molar refractivity (Wildman–Crippen MR) is 79.5 cm³/mol. The van der Waals surface area contributed by atoms with Crippen LogP contribution in [0.2, 0.25) is 0 Å². The van der Waals surface area contributed by atoms with Gasteiger partial charge in [0.2, 0.25) is 0 Å². The molecule has 1 aromatic heterocycles. The highest BCUT2D eigenvalue weighted by Crippen LogP contribution is 2.35. The molecule has 0 radical (unpaired) electrons. The maximum absolute atomic E-state index is 12.5. The first-order valence-electron chi connectivity index (χ1n) is 5.75. The molecule has 0 spiro atoms. The SMILES string of the molecule is COc1ccc(N(C)S(=O)(=O)c2cccs2)c(OC)c1. The van der Waals surface area contributed by atoms with Crippen LogP contribution in [0.25, 0.3) is 0 Å². The lowest BCUT2D eigenvalue weighted by Crippen LogP contribution is -2.26. The van der Waals surface area contributed by atoms with Gasteiger partial charge >= 0.3 is 0 Å². The Morgan fingerprint density at radius 3 is 2.45 bits per heavy atom. The van der Waals surface area contributed by atoms with Gasteiger partial charge in [-0.05, 0) is 23.6 Å². The van der Waals surface area contributed by atoms with Crippen molar-refractivity contribution in [1.29, 1.82) is 0 Å². The van der Waals surface area contributed by atoms with Gasteiger partial charge in [0.15, 0.2) is 0 Å². The van der Waals surface area contributed by atoms with Gasteiger partial charge in [0, 0.05) is 13.1 Å². The summed E-state index contributed by atoms with van der Waals surface area (Å²) < 4.78 is 36.8. The van der Waals surface area contributed by atoms with E-state index in [-0.39, 0.29) is 4.21 Å². The van der Waals surface area contributed by atoms with Crippen LogP contribution in [0.1, 0.15) is 0 Å². The van der Waals surface area contributed by atoms with E-state index in [9.17, 15) is 8.42 Å². The molecule has 7 heteroatoms. The van der Waals surface area contributed by atoms with E-state index in [1.165, 1.54) is 29.8 Å². The monoisotopic (exact) mass is 313 g/mol. The second-order valence-corrected chi connectivity index (χ2v) is 7.09. The van der Waals surface area contributed by atoms with Crippen LogP contribution in [0.5, 0.6) is 11.5 Å². The van der Waals surface area contributed by atoms with Gasteiger partial charge < -0.3 is 9.47 Å². The first kappa shape index (κ1) is 14.7. The Morgan fingerprint density at radius 2 is 1.90 bits per heavy atom. The number of ether oxygens (including phenoxy) is 2. The minimum absolute atomic E-state index is 0.290. The van der Waals surface area contributed by atoms with Crippen molar-refractivity contribution in [2.45, 2.75) is 4.21 Å². The molecule has 0 aliphatic heterocycles. The Hall–Kier alpha value is -1.73. The van der Waals surface area contributed by atoms with Crippen LogP contribution in [-0.2, 0) is 10.0 Å². The van der Waals surface area contributed by atoms with Crippen LogP contribution in [0, 0.1) is 0 Å². The van der Waals surface area contributed by atoms with Gasteiger partial charge in [-0.3, -0.25) is 4.31 Å². The van der Waals surface area contributed by atoms with Gasteiger partial charge in [-0.15, -0.1) is 11.3 Å². The van der Waals surface area contributed by atoms with Gasteiger partial charge in [0.25, 0.3) is 10.0 Å². The molecule has 108 valence electrons. The van der Waals surface area contributed by atoms with E-state index in [2.05, 4.69) is 0 Å². The molecule has 1 aromatic carbocycles. The number of rotatable bonds is 5. The van der Waals surface area contributed by atoms with Crippen LogP contribution in [0.3, 0.4) is 0 Å². The van der Waals surface area contributed by atoms with Crippen molar-refractivity contribution in [2.24, 2.45) is 0 Å². The molecule has 0 aliphatic rings. The Bertz CT molecular complexity index is 680. The highest BCUT2D eigenvalue weighted by Gasteiger charge is 2.24. The standard InChI is InChI=1S/C13H15NO4S2/c1-14(20(15,16)13-5-4-8-19-13)11-7-6-10(17-2)9-12(11)18-3/h4-9H,1-3H3. The summed E-state index contributed by atoms with van der Waals surface area (Å²) in [7, 11) is 0.962. The fraction of sp³-hybridized carbons (Fsp3) is 0.231. The number of hydrogen-bond acceptors (Lipinski definition) is 5. The highest BCUT2D eigenvalue weighted by molar-refractivity contribution is 7.94. The third kappa shape index (κ3) is 2.59. The highest BCUT2D eigenvalue weighted by atomic mass is 32.2. The number of thiophene rings is 1. The average molecular weight is 313 g/mol. The van der Waals surface area contributed by atoms with Gasteiger partial charge in [0.05, 0.1) is 19.9 Å². The molecule has 20 heavy (non-hydrogen) atoms. The van der Waals surface area contributed by atoms with Crippen molar-refractivity contribution in [3.8, 4) is 11.5 Å². The lowest BCUT2D eigenvalue weighted by molar-refractivity contribution is 0.395. The molecule has 2 aromatic rings. The summed E-state index contributed by atoms with van der Waals surface area (Å²) in [6.45, 7) is 0. The quantitative estimate of drug-likeness (QED) is 0.851. The van der Waals surface area contributed by atoms with Crippen molar-refractivity contribution in [3.63, 3.8) is 0 Å². The summed E-state index contributed by atoms with van der Waals surface area (Å²) in [5.41, 5.74) is 0.460. The maximum Gasteiger partial charge on any atom is 0.273 e. The molecule has 5 nitrogen and oxygen atoms in total. The molecule has 2 rings (SSSR count). The zero-order valence-corrected chi connectivity index (χ0v) is 13.0. The van der Waals surface area contributed by atoms with Crippen molar-refractivity contribution >= 4 is 27.0 Å². The van der Waals surface area contributed by atoms with E-state index in [1.807, 2.05) is 0 Å². The van der Waals surface area contributed by atoms with Crippen LogP contribution in [0.4, 0.5) is 5.69 Å². The summed E-state index contributed by atoms with van der Waals surface area (Å²) in [5, 5.41) is 1.73. The van der Waals surface area contributed by atoms with E-state index in [4.69, 9.17) is 9.47 Å². The lowest BCUT2D eigenvalue weighted by atomic mass is 10.3. The third-order valence-electron chi connectivity index (χ3n) is 2.84. The first-order valence-corrected chi connectivity index (χ1v) is 8.07. The number of benzene rings is 1. The Balaban J connectivity index is 2.46. The largest absolute Gasteiger partial charge is 0.497 e. The lowest BCUT2D eigenvalue weighted by Gasteiger charge is -2.21. The number of hydrogen-bond donors (Lipinski definition) is 0. The predicted octanol–water partition coefficient (Wildman–Crippen LogP) is 2.59. The van der Waals surface area contributed by atoms with Crippen LogP contribution >= 0.6 is 11.3 Å². The van der Waals surface area contributed by atoms with E-state index in [0.29, 0.717) is 17.2 Å². The number of anilines is 1. The van der Waals surface area contributed by atoms with Crippen LogP contribution < -0.4 is 13.8 Å². The van der Waals surface area contributed by atoms with Crippen molar-refractivity contribution in [3.05, 3.63) is 35.7 Å². The molecule has 0 atom stereocenters. The molecule has 1 heterocycles. The third-order valence-corrected chi connectivity index (χ3v) is 5.98. The molecule has 0 saturated heterocycles. The summed E-state index contributed by atoms with van der Waals surface area (Å²) in [6, 6.07) is 8.28. The minimum atomic E-state index is -3.57. The average Bonchev–Trinajstić information content (AvgIpc) is 3.00. The molecular formula is C13H15NO4S2. The molecule has 0 unspecified atom stereocenters. The second-order valence-electron chi connectivity index (χ2n) is 3.94. The fourth-order valence-corrected chi connectivity index (χ4v) is 4.09. The van der Waals surface area contributed by atoms with E-state index in [1.54, 1.807) is 42.8 Å². The summed E-state index contributed by atoms with van der Waals surface area (Å²) >= 11 is 1.18. The number of methoxy groups -OCH3 is 2. The molecular weight excluding hydrogens is 298 g/mol. The number of nitrogens with zero attached hydrogens (tertiary/aromatic N) is 1. The van der Waals surface area contributed by atoms with Gasteiger partial charge in [-0.1, -0.05) is 6.07 Å². The van der Waals surface area contributed by atoms with Crippen molar-refractivity contribution in [2.75, 3.05) is 25.6 Å². The Morgan fingerprint density at radius 1 is 1.15 bits per heavy atom. The van der Waals surface area contributed by atoms with Gasteiger partial charge in [-0.2, -0.15) is 0 Å². The molecule has 0 N–H and O–H groups in total. The molecule has 0 fully saturated rings. The van der Waals surface area contributed by atoms with Gasteiger partial charge in [0.1, 0.15) is 15.7 Å². The van der Waals surface area contributed by atoms with Gasteiger partial charge in [-0.25, -0.2) is 8.42 Å². The van der Waals surface area contributed by atoms with E-state index in [0.717, 1.165) is 0 Å². The second kappa shape index (κ2) is 5.72. The summed E-state index contributed by atoms with van der Waals surface area (Å²) in [4.78, 5) is 0. The smallest absolute Gasteiger partial charge is 0.273 e. The topological polar surface area (TPSA) is 55.8 Å². The van der Waals surface area contributed by atoms with Crippen LogP contribution in [-0.4, -0.2) is 29.7 Å². The first-order chi connectivity index (χ1) is 9.50. The number of sulfonamides is 1. The summed E-state index contributed by atoms with van der Waals surface area (Å²) in [6.07, 6.45) is 0. The molecule has 0 saturated carbocycles. The maximum atomic E-state index is 12.5. The van der Waals surface area contributed by atoms with Crippen LogP contribution in [0.15, 0.2) is 39.9 Å². The summed E-state index contributed by atoms with van der Waals surface area (Å²) in [5.74, 6) is 1.04. The molecule has 0 aliphatic carbocycles. The van der Waals surface area contributed by atoms with E-state index < -0.39 is 10.0 Å².